The molecule has 1 saturated heterocycles. The SMILES string of the molecule is C[C@@H](Cc1cccc(S(=O)(=O)N2CC(Oc3ccc(C(N)=O)cc3)(c3ccccc3)C2)c1)C(=O)OC(C)(C)C. The Hall–Kier alpha value is -3.69. The maximum atomic E-state index is 13.6. The predicted molar refractivity (Wildman–Crippen MR) is 148 cm³/mol. The van der Waals surface area contributed by atoms with Gasteiger partial charge in [0.1, 0.15) is 11.4 Å². The summed E-state index contributed by atoms with van der Waals surface area (Å²) in [5.74, 6) is -0.791. The van der Waals surface area contributed by atoms with Crippen molar-refractivity contribution in [2.75, 3.05) is 13.1 Å². The molecule has 9 heteroatoms. The molecule has 0 aliphatic carbocycles. The lowest BCUT2D eigenvalue weighted by Gasteiger charge is -2.48. The van der Waals surface area contributed by atoms with Crippen molar-refractivity contribution in [2.45, 2.75) is 50.2 Å². The van der Waals surface area contributed by atoms with Gasteiger partial charge in [0.05, 0.1) is 23.9 Å². The first-order valence-corrected chi connectivity index (χ1v) is 14.2. The predicted octanol–water partition coefficient (Wildman–Crippen LogP) is 4.28. The second-order valence-corrected chi connectivity index (χ2v) is 12.8. The first-order chi connectivity index (χ1) is 18.3. The van der Waals surface area contributed by atoms with Crippen LogP contribution in [-0.4, -0.2) is 43.3 Å². The normalized spacial score (nSPS) is 16.1. The molecule has 1 atom stereocenters. The first-order valence-electron chi connectivity index (χ1n) is 12.8. The van der Waals surface area contributed by atoms with Crippen molar-refractivity contribution in [1.82, 2.24) is 4.31 Å². The number of rotatable bonds is 9. The van der Waals surface area contributed by atoms with Crippen molar-refractivity contribution in [3.63, 3.8) is 0 Å². The van der Waals surface area contributed by atoms with Crippen molar-refractivity contribution in [2.24, 2.45) is 11.7 Å². The summed E-state index contributed by atoms with van der Waals surface area (Å²) in [6, 6.07) is 22.6. The molecule has 206 valence electrons. The van der Waals surface area contributed by atoms with Gasteiger partial charge >= 0.3 is 5.97 Å². The summed E-state index contributed by atoms with van der Waals surface area (Å²) in [7, 11) is -3.82. The van der Waals surface area contributed by atoms with E-state index in [1.54, 1.807) is 49.4 Å². The molecule has 39 heavy (non-hydrogen) atoms. The molecule has 1 aliphatic heterocycles. The van der Waals surface area contributed by atoms with Gasteiger partial charge in [-0.3, -0.25) is 9.59 Å². The highest BCUT2D eigenvalue weighted by Gasteiger charge is 2.52. The lowest BCUT2D eigenvalue weighted by atomic mass is 9.87. The third-order valence-electron chi connectivity index (χ3n) is 6.50. The van der Waals surface area contributed by atoms with Crippen molar-refractivity contribution in [1.29, 1.82) is 0 Å². The van der Waals surface area contributed by atoms with Crippen LogP contribution in [-0.2, 0) is 31.6 Å². The molecule has 1 amide bonds. The molecule has 3 aromatic carbocycles. The van der Waals surface area contributed by atoms with Crippen LogP contribution in [0.15, 0.2) is 83.8 Å². The zero-order chi connectivity index (χ0) is 28.4. The summed E-state index contributed by atoms with van der Waals surface area (Å²) < 4.78 is 40.4. The lowest BCUT2D eigenvalue weighted by Crippen LogP contribution is -2.64. The molecule has 8 nitrogen and oxygen atoms in total. The van der Waals surface area contributed by atoms with E-state index >= 15 is 0 Å². The number of hydrogen-bond donors (Lipinski definition) is 1. The van der Waals surface area contributed by atoms with Crippen LogP contribution >= 0.6 is 0 Å². The fraction of sp³-hybridized carbons (Fsp3) is 0.333. The molecule has 1 aliphatic rings. The number of esters is 1. The van der Waals surface area contributed by atoms with Crippen LogP contribution in [0.2, 0.25) is 0 Å². The summed E-state index contributed by atoms with van der Waals surface area (Å²) in [5.41, 5.74) is 5.78. The molecular weight excluding hydrogens is 516 g/mol. The Morgan fingerprint density at radius 2 is 1.62 bits per heavy atom. The first kappa shape index (κ1) is 28.3. The van der Waals surface area contributed by atoms with Gasteiger partial charge in [0, 0.05) is 5.56 Å². The number of ether oxygens (including phenoxy) is 2. The number of nitrogens with two attached hydrogens (primary N) is 1. The van der Waals surface area contributed by atoms with E-state index in [1.807, 2.05) is 57.2 Å². The summed E-state index contributed by atoms with van der Waals surface area (Å²) in [4.78, 5) is 24.0. The van der Waals surface area contributed by atoms with E-state index in [-0.39, 0.29) is 24.0 Å². The van der Waals surface area contributed by atoms with Crippen LogP contribution in [0.1, 0.15) is 49.2 Å². The highest BCUT2D eigenvalue weighted by atomic mass is 32.2. The van der Waals surface area contributed by atoms with Crippen LogP contribution in [0.25, 0.3) is 0 Å². The monoisotopic (exact) mass is 550 g/mol. The molecule has 4 rings (SSSR count). The van der Waals surface area contributed by atoms with E-state index < -0.39 is 33.1 Å². The molecule has 1 fully saturated rings. The van der Waals surface area contributed by atoms with E-state index in [2.05, 4.69) is 0 Å². The van der Waals surface area contributed by atoms with Crippen molar-refractivity contribution in [3.8, 4) is 5.75 Å². The second kappa shape index (κ2) is 10.8. The Kier molecular flexibility index (Phi) is 7.86. The van der Waals surface area contributed by atoms with Crippen molar-refractivity contribution >= 4 is 21.9 Å². The number of nitrogens with zero attached hydrogens (tertiary/aromatic N) is 1. The van der Waals surface area contributed by atoms with Gasteiger partial charge in [-0.15, -0.1) is 0 Å². The number of primary amides is 1. The Labute approximate surface area is 229 Å². The molecule has 0 unspecified atom stereocenters. The van der Waals surface area contributed by atoms with E-state index in [0.717, 1.165) is 11.1 Å². The number of sulfonamides is 1. The van der Waals surface area contributed by atoms with Gasteiger partial charge in [-0.05, 0) is 74.7 Å². The van der Waals surface area contributed by atoms with Crippen LogP contribution in [0, 0.1) is 5.92 Å². The van der Waals surface area contributed by atoms with Gasteiger partial charge in [0.25, 0.3) is 0 Å². The third kappa shape index (κ3) is 6.49. The minimum absolute atomic E-state index is 0.107. The highest BCUT2D eigenvalue weighted by molar-refractivity contribution is 7.89. The van der Waals surface area contributed by atoms with E-state index in [9.17, 15) is 18.0 Å². The molecule has 1 heterocycles. The summed E-state index contributed by atoms with van der Waals surface area (Å²) >= 11 is 0. The molecule has 2 N–H and O–H groups in total. The zero-order valence-electron chi connectivity index (χ0n) is 22.6. The van der Waals surface area contributed by atoms with Gasteiger partial charge in [-0.1, -0.05) is 49.4 Å². The summed E-state index contributed by atoms with van der Waals surface area (Å²) in [6.45, 7) is 7.42. The topological polar surface area (TPSA) is 116 Å². The maximum absolute atomic E-state index is 13.6. The minimum atomic E-state index is -3.82. The molecule has 0 bridgehead atoms. The minimum Gasteiger partial charge on any atom is -0.480 e. The van der Waals surface area contributed by atoms with Gasteiger partial charge in [-0.25, -0.2) is 8.42 Å². The molecule has 0 spiro atoms. The smallest absolute Gasteiger partial charge is 0.309 e. The van der Waals surface area contributed by atoms with E-state index in [0.29, 0.717) is 17.7 Å². The van der Waals surface area contributed by atoms with Crippen LogP contribution in [0.3, 0.4) is 0 Å². The van der Waals surface area contributed by atoms with E-state index in [1.165, 1.54) is 4.31 Å². The average Bonchev–Trinajstić information content (AvgIpc) is 2.85. The Morgan fingerprint density at radius 3 is 2.21 bits per heavy atom. The average molecular weight is 551 g/mol. The zero-order valence-corrected chi connectivity index (χ0v) is 23.4. The summed E-state index contributed by atoms with van der Waals surface area (Å²) in [6.07, 6.45) is 0.358. The van der Waals surface area contributed by atoms with Gasteiger partial charge in [0.15, 0.2) is 5.60 Å². The number of benzene rings is 3. The molecule has 3 aromatic rings. The fourth-order valence-corrected chi connectivity index (χ4v) is 6.08. The molecule has 0 aromatic heterocycles. The Balaban J connectivity index is 1.53. The number of hydrogen-bond acceptors (Lipinski definition) is 6. The molecule has 0 radical (unpaired) electrons. The molecular formula is C30H34N2O6S. The van der Waals surface area contributed by atoms with Crippen LogP contribution in [0.5, 0.6) is 5.75 Å². The van der Waals surface area contributed by atoms with Crippen molar-refractivity contribution in [3.05, 3.63) is 95.6 Å². The van der Waals surface area contributed by atoms with Gasteiger partial charge in [-0.2, -0.15) is 4.31 Å². The Morgan fingerprint density at radius 1 is 0.974 bits per heavy atom. The third-order valence-corrected chi connectivity index (χ3v) is 8.29. The molecule has 0 saturated carbocycles. The van der Waals surface area contributed by atoms with Gasteiger partial charge in [0.2, 0.25) is 15.9 Å². The maximum Gasteiger partial charge on any atom is 0.309 e. The summed E-state index contributed by atoms with van der Waals surface area (Å²) in [5, 5.41) is 0. The highest BCUT2D eigenvalue weighted by Crippen LogP contribution is 2.40. The van der Waals surface area contributed by atoms with Crippen LogP contribution < -0.4 is 10.5 Å². The Bertz CT molecular complexity index is 1440. The standard InChI is InChI=1S/C30H34N2O6S/c1-21(28(34)38-29(2,3)4)17-22-9-8-12-26(18-22)39(35,36)32-19-30(20-32,24-10-6-5-7-11-24)37-25-15-13-23(14-16-25)27(31)33/h5-16,18,21H,17,19-20H2,1-4H3,(H2,31,33)/t21-/m0/s1. The quantitative estimate of drug-likeness (QED) is 0.398. The largest absolute Gasteiger partial charge is 0.480 e. The number of amides is 1. The number of carbonyl (C=O) groups is 2. The number of carbonyl (C=O) groups excluding carboxylic acids is 2. The lowest BCUT2D eigenvalue weighted by molar-refractivity contribution is -0.159. The van der Waals surface area contributed by atoms with Gasteiger partial charge < -0.3 is 15.2 Å². The second-order valence-electron chi connectivity index (χ2n) is 10.9. The van der Waals surface area contributed by atoms with Crippen LogP contribution in [0.4, 0.5) is 0 Å². The van der Waals surface area contributed by atoms with E-state index in [4.69, 9.17) is 15.2 Å². The fourth-order valence-electron chi connectivity index (χ4n) is 4.48. The van der Waals surface area contributed by atoms with Crippen molar-refractivity contribution < 1.29 is 27.5 Å².